The van der Waals surface area contributed by atoms with Gasteiger partial charge in [-0.15, -0.1) is 11.3 Å². The summed E-state index contributed by atoms with van der Waals surface area (Å²) in [5.74, 6) is 0. The number of halogens is 1. The van der Waals surface area contributed by atoms with E-state index in [2.05, 4.69) is 27.0 Å². The molecule has 2 nitrogen and oxygen atoms in total. The Balaban J connectivity index is 1.84. The molecule has 1 aromatic carbocycles. The SMILES string of the molecule is N#Cc1c(/N=C/C(Br)=C/c2ccccc2)sc2c1CCC2. The maximum Gasteiger partial charge on any atom is 0.134 e. The highest BCUT2D eigenvalue weighted by molar-refractivity contribution is 9.12. The largest absolute Gasteiger partial charge is 0.243 e. The van der Waals surface area contributed by atoms with E-state index in [4.69, 9.17) is 0 Å². The van der Waals surface area contributed by atoms with E-state index < -0.39 is 0 Å². The second kappa shape index (κ2) is 6.38. The molecule has 1 heterocycles. The summed E-state index contributed by atoms with van der Waals surface area (Å²) in [5.41, 5.74) is 3.10. The van der Waals surface area contributed by atoms with Gasteiger partial charge in [0.1, 0.15) is 11.1 Å². The normalized spacial score (nSPS) is 14.4. The Morgan fingerprint density at radius 3 is 2.86 bits per heavy atom. The summed E-state index contributed by atoms with van der Waals surface area (Å²) in [6.07, 6.45) is 7.06. The smallest absolute Gasteiger partial charge is 0.134 e. The third-order valence-electron chi connectivity index (χ3n) is 3.42. The van der Waals surface area contributed by atoms with Gasteiger partial charge in [0.05, 0.1) is 5.56 Å². The van der Waals surface area contributed by atoms with Crippen LogP contribution in [0.5, 0.6) is 0 Å². The van der Waals surface area contributed by atoms with Crippen LogP contribution >= 0.6 is 27.3 Å². The number of thiophene rings is 1. The molecule has 0 amide bonds. The summed E-state index contributed by atoms with van der Waals surface area (Å²) < 4.78 is 0.895. The zero-order valence-electron chi connectivity index (χ0n) is 11.3. The first-order valence-corrected chi connectivity index (χ1v) is 8.40. The Bertz CT molecular complexity index is 751. The molecule has 0 N–H and O–H groups in total. The molecular weight excluding hydrogens is 344 g/mol. The molecule has 21 heavy (non-hydrogen) atoms. The van der Waals surface area contributed by atoms with Crippen molar-refractivity contribution in [3.05, 3.63) is 56.4 Å². The average Bonchev–Trinajstić information content (AvgIpc) is 3.06. The molecule has 0 unspecified atom stereocenters. The van der Waals surface area contributed by atoms with Crippen LogP contribution < -0.4 is 0 Å². The Hall–Kier alpha value is -1.70. The lowest BCUT2D eigenvalue weighted by molar-refractivity contribution is 0.913. The van der Waals surface area contributed by atoms with Crippen LogP contribution in [0.2, 0.25) is 0 Å². The minimum atomic E-state index is 0.767. The van der Waals surface area contributed by atoms with Crippen molar-refractivity contribution in [3.8, 4) is 6.07 Å². The van der Waals surface area contributed by atoms with Crippen molar-refractivity contribution in [1.82, 2.24) is 0 Å². The Morgan fingerprint density at radius 2 is 2.10 bits per heavy atom. The Kier molecular flexibility index (Phi) is 4.33. The van der Waals surface area contributed by atoms with Crippen LogP contribution in [0, 0.1) is 11.3 Å². The molecule has 0 radical (unpaired) electrons. The molecule has 0 atom stereocenters. The van der Waals surface area contributed by atoms with Crippen LogP contribution in [0.3, 0.4) is 0 Å². The maximum absolute atomic E-state index is 9.33. The lowest BCUT2D eigenvalue weighted by atomic mass is 10.1. The Labute approximate surface area is 136 Å². The molecule has 4 heteroatoms. The van der Waals surface area contributed by atoms with Crippen LogP contribution in [-0.2, 0) is 12.8 Å². The van der Waals surface area contributed by atoms with E-state index in [0.29, 0.717) is 0 Å². The molecule has 1 aliphatic carbocycles. The van der Waals surface area contributed by atoms with E-state index in [0.717, 1.165) is 39.9 Å². The van der Waals surface area contributed by atoms with Crippen LogP contribution in [0.25, 0.3) is 6.08 Å². The number of fused-ring (bicyclic) bond motifs is 1. The topological polar surface area (TPSA) is 36.1 Å². The first-order chi connectivity index (χ1) is 10.3. The van der Waals surface area contributed by atoms with E-state index in [1.54, 1.807) is 17.6 Å². The zero-order valence-corrected chi connectivity index (χ0v) is 13.7. The molecule has 3 rings (SSSR count). The second-order valence-electron chi connectivity index (χ2n) is 4.85. The predicted octanol–water partition coefficient (Wildman–Crippen LogP) is 5.25. The fraction of sp³-hybridized carbons (Fsp3) is 0.176. The van der Waals surface area contributed by atoms with Gasteiger partial charge in [-0.3, -0.25) is 0 Å². The van der Waals surface area contributed by atoms with Gasteiger partial charge in [0.2, 0.25) is 0 Å². The van der Waals surface area contributed by atoms with Crippen molar-refractivity contribution in [1.29, 1.82) is 5.26 Å². The Morgan fingerprint density at radius 1 is 1.29 bits per heavy atom. The summed E-state index contributed by atoms with van der Waals surface area (Å²) >= 11 is 5.16. The third kappa shape index (κ3) is 3.15. The number of rotatable bonds is 3. The number of nitriles is 1. The number of aryl methyl sites for hydroxylation is 1. The fourth-order valence-corrected chi connectivity index (χ4v) is 4.01. The van der Waals surface area contributed by atoms with Gasteiger partial charge in [-0.1, -0.05) is 30.3 Å². The monoisotopic (exact) mass is 356 g/mol. The van der Waals surface area contributed by atoms with Gasteiger partial charge < -0.3 is 0 Å². The van der Waals surface area contributed by atoms with E-state index >= 15 is 0 Å². The lowest BCUT2D eigenvalue weighted by Gasteiger charge is -1.94. The highest BCUT2D eigenvalue weighted by Crippen LogP contribution is 2.40. The summed E-state index contributed by atoms with van der Waals surface area (Å²) in [7, 11) is 0. The van der Waals surface area contributed by atoms with Crippen molar-refractivity contribution < 1.29 is 0 Å². The van der Waals surface area contributed by atoms with Crippen LogP contribution in [-0.4, -0.2) is 6.21 Å². The standard InChI is InChI=1S/C17H13BrN2S/c18-13(9-12-5-2-1-3-6-12)11-20-17-15(10-19)14-7-4-8-16(14)21-17/h1-3,5-6,9,11H,4,7-8H2/b13-9-,20-11+. The lowest BCUT2D eigenvalue weighted by Crippen LogP contribution is -1.80. The summed E-state index contributed by atoms with van der Waals surface area (Å²) in [5, 5.41) is 10.2. The number of benzene rings is 1. The summed E-state index contributed by atoms with van der Waals surface area (Å²) in [6, 6.07) is 12.4. The predicted molar refractivity (Wildman–Crippen MR) is 92.6 cm³/mol. The molecule has 0 spiro atoms. The van der Waals surface area contributed by atoms with Gasteiger partial charge in [0.15, 0.2) is 0 Å². The van der Waals surface area contributed by atoms with E-state index in [-0.39, 0.29) is 0 Å². The number of nitrogens with zero attached hydrogens (tertiary/aromatic N) is 2. The fourth-order valence-electron chi connectivity index (χ4n) is 2.46. The summed E-state index contributed by atoms with van der Waals surface area (Å²) in [4.78, 5) is 5.83. The van der Waals surface area contributed by atoms with Gasteiger partial charge in [0, 0.05) is 15.6 Å². The quantitative estimate of drug-likeness (QED) is 0.692. The minimum Gasteiger partial charge on any atom is -0.243 e. The molecule has 2 aromatic rings. The molecule has 0 aliphatic heterocycles. The van der Waals surface area contributed by atoms with Gasteiger partial charge in [-0.25, -0.2) is 4.99 Å². The molecule has 1 aliphatic rings. The van der Waals surface area contributed by atoms with Crippen molar-refractivity contribution in [2.75, 3.05) is 0 Å². The van der Waals surface area contributed by atoms with Crippen LogP contribution in [0.1, 0.15) is 28.0 Å². The zero-order chi connectivity index (χ0) is 14.7. The highest BCUT2D eigenvalue weighted by atomic mass is 79.9. The maximum atomic E-state index is 9.33. The summed E-state index contributed by atoms with van der Waals surface area (Å²) in [6.45, 7) is 0. The van der Waals surface area contributed by atoms with E-state index in [9.17, 15) is 5.26 Å². The van der Waals surface area contributed by atoms with E-state index in [1.807, 2.05) is 36.4 Å². The molecule has 0 bridgehead atoms. The van der Waals surface area contributed by atoms with Crippen molar-refractivity contribution in [3.63, 3.8) is 0 Å². The number of aliphatic imine (C=N–C) groups is 1. The van der Waals surface area contributed by atoms with Gasteiger partial charge in [-0.05, 0) is 52.4 Å². The van der Waals surface area contributed by atoms with Crippen LogP contribution in [0.4, 0.5) is 5.00 Å². The highest BCUT2D eigenvalue weighted by Gasteiger charge is 2.21. The van der Waals surface area contributed by atoms with Gasteiger partial charge >= 0.3 is 0 Å². The molecular formula is C17H13BrN2S. The van der Waals surface area contributed by atoms with Crippen molar-refractivity contribution in [2.45, 2.75) is 19.3 Å². The number of hydrogen-bond donors (Lipinski definition) is 0. The van der Waals surface area contributed by atoms with Gasteiger partial charge in [-0.2, -0.15) is 5.26 Å². The third-order valence-corrected chi connectivity index (χ3v) is 5.06. The number of allylic oxidation sites excluding steroid dienone is 1. The minimum absolute atomic E-state index is 0.767. The first-order valence-electron chi connectivity index (χ1n) is 6.79. The average molecular weight is 357 g/mol. The van der Waals surface area contributed by atoms with Crippen molar-refractivity contribution in [2.24, 2.45) is 4.99 Å². The molecule has 0 fully saturated rings. The second-order valence-corrected chi connectivity index (χ2v) is 6.85. The van der Waals surface area contributed by atoms with Crippen LogP contribution in [0.15, 0.2) is 39.8 Å². The van der Waals surface area contributed by atoms with Gasteiger partial charge in [0.25, 0.3) is 0 Å². The first kappa shape index (κ1) is 14.2. The molecule has 104 valence electrons. The molecule has 0 saturated heterocycles. The molecule has 0 saturated carbocycles. The van der Waals surface area contributed by atoms with Crippen molar-refractivity contribution >= 4 is 44.6 Å². The number of hydrogen-bond acceptors (Lipinski definition) is 3. The molecule has 1 aromatic heterocycles. The van der Waals surface area contributed by atoms with E-state index in [1.165, 1.54) is 10.4 Å².